The highest BCUT2D eigenvalue weighted by molar-refractivity contribution is 7.12. The molecule has 7 nitrogen and oxygen atoms in total. The lowest BCUT2D eigenvalue weighted by Crippen LogP contribution is -2.50. The van der Waals surface area contributed by atoms with Gasteiger partial charge in [-0.1, -0.05) is 54.6 Å². The van der Waals surface area contributed by atoms with E-state index in [2.05, 4.69) is 10.6 Å². The first-order chi connectivity index (χ1) is 16.7. The summed E-state index contributed by atoms with van der Waals surface area (Å²) in [6, 6.07) is 19.1. The van der Waals surface area contributed by atoms with Crippen molar-refractivity contribution in [2.75, 3.05) is 13.7 Å². The largest absolute Gasteiger partial charge is 0.496 e. The normalized spacial score (nSPS) is 11.9. The highest BCUT2D eigenvalue weighted by atomic mass is 32.1. The molecular weight excluding hydrogens is 462 g/mol. The fourth-order valence-corrected chi connectivity index (χ4v) is 4.28. The average Bonchev–Trinajstić information content (AvgIpc) is 3.37. The minimum atomic E-state index is -0.911. The number of carbonyl (C=O) groups is 3. The zero-order valence-electron chi connectivity index (χ0n) is 20.4. The summed E-state index contributed by atoms with van der Waals surface area (Å²) in [5, 5.41) is 7.49. The van der Waals surface area contributed by atoms with Gasteiger partial charge in [0.1, 0.15) is 11.8 Å². The van der Waals surface area contributed by atoms with Crippen LogP contribution in [-0.2, 0) is 16.1 Å². The number of thiophene rings is 1. The van der Waals surface area contributed by atoms with E-state index >= 15 is 0 Å². The van der Waals surface area contributed by atoms with E-state index in [0.29, 0.717) is 16.2 Å². The lowest BCUT2D eigenvalue weighted by molar-refractivity contribution is -0.141. The summed E-state index contributed by atoms with van der Waals surface area (Å²) >= 11 is 1.30. The van der Waals surface area contributed by atoms with Crippen molar-refractivity contribution in [3.63, 3.8) is 0 Å². The van der Waals surface area contributed by atoms with Gasteiger partial charge in [-0.3, -0.25) is 14.4 Å². The van der Waals surface area contributed by atoms with Crippen LogP contribution in [-0.4, -0.2) is 41.8 Å². The predicted octanol–water partition coefficient (Wildman–Crippen LogP) is 4.17. The highest BCUT2D eigenvalue weighted by Crippen LogP contribution is 2.27. The third-order valence-corrected chi connectivity index (χ3v) is 6.04. The fraction of sp³-hybridized carbons (Fsp3) is 0.296. The van der Waals surface area contributed by atoms with Crippen molar-refractivity contribution in [1.29, 1.82) is 0 Å². The number of nitrogens with one attached hydrogen (secondary N) is 2. The topological polar surface area (TPSA) is 87.7 Å². The molecule has 0 saturated heterocycles. The molecule has 3 aromatic rings. The first kappa shape index (κ1) is 26.0. The van der Waals surface area contributed by atoms with E-state index < -0.39 is 17.5 Å². The van der Waals surface area contributed by atoms with Crippen molar-refractivity contribution >= 4 is 29.1 Å². The van der Waals surface area contributed by atoms with Crippen LogP contribution < -0.4 is 15.4 Å². The maximum Gasteiger partial charge on any atom is 0.261 e. The summed E-state index contributed by atoms with van der Waals surface area (Å²) in [6.45, 7) is 5.54. The Morgan fingerprint density at radius 1 is 0.971 bits per heavy atom. The molecule has 1 atom stereocenters. The number of para-hydroxylation sites is 1. The summed E-state index contributed by atoms with van der Waals surface area (Å²) in [5.41, 5.74) is 0.913. The zero-order chi connectivity index (χ0) is 25.4. The van der Waals surface area contributed by atoms with E-state index in [9.17, 15) is 14.4 Å². The summed E-state index contributed by atoms with van der Waals surface area (Å²) in [6.07, 6.45) is 0. The summed E-state index contributed by atoms with van der Waals surface area (Å²) in [7, 11) is 1.56. The van der Waals surface area contributed by atoms with Crippen LogP contribution in [0.5, 0.6) is 5.75 Å². The van der Waals surface area contributed by atoms with Crippen LogP contribution in [0, 0.1) is 0 Å². The van der Waals surface area contributed by atoms with Crippen LogP contribution in [0.4, 0.5) is 0 Å². The van der Waals surface area contributed by atoms with Crippen LogP contribution in [0.25, 0.3) is 0 Å². The molecule has 8 heteroatoms. The van der Waals surface area contributed by atoms with E-state index in [4.69, 9.17) is 4.74 Å². The second-order valence-electron chi connectivity index (χ2n) is 9.05. The maximum absolute atomic E-state index is 13.6. The number of ether oxygens (including phenoxy) is 1. The van der Waals surface area contributed by atoms with Gasteiger partial charge in [0.15, 0.2) is 0 Å². The van der Waals surface area contributed by atoms with E-state index in [1.54, 1.807) is 24.6 Å². The van der Waals surface area contributed by atoms with Gasteiger partial charge in [0, 0.05) is 11.1 Å². The number of rotatable bonds is 9. The average molecular weight is 494 g/mol. The van der Waals surface area contributed by atoms with Crippen molar-refractivity contribution < 1.29 is 19.1 Å². The number of nitrogens with zero attached hydrogens (tertiary/aromatic N) is 1. The van der Waals surface area contributed by atoms with Gasteiger partial charge in [0.25, 0.3) is 5.91 Å². The summed E-state index contributed by atoms with van der Waals surface area (Å²) < 4.78 is 5.49. The molecule has 0 aliphatic rings. The molecule has 2 N–H and O–H groups in total. The molecule has 2 aromatic carbocycles. The quantitative estimate of drug-likeness (QED) is 0.468. The third-order valence-electron chi connectivity index (χ3n) is 5.17. The van der Waals surface area contributed by atoms with E-state index in [0.717, 1.165) is 5.56 Å². The Labute approximate surface area is 210 Å². The van der Waals surface area contributed by atoms with Crippen LogP contribution in [0.15, 0.2) is 72.1 Å². The first-order valence-electron chi connectivity index (χ1n) is 11.3. The number of carbonyl (C=O) groups excluding carboxylic acids is 3. The summed E-state index contributed by atoms with van der Waals surface area (Å²) in [4.78, 5) is 41.6. The van der Waals surface area contributed by atoms with Crippen molar-refractivity contribution in [2.45, 2.75) is 38.9 Å². The Hall–Kier alpha value is -3.65. The monoisotopic (exact) mass is 493 g/mol. The molecule has 3 rings (SSSR count). The molecule has 0 aliphatic carbocycles. The van der Waals surface area contributed by atoms with Crippen molar-refractivity contribution in [3.8, 4) is 5.75 Å². The second-order valence-corrected chi connectivity index (χ2v) is 9.99. The van der Waals surface area contributed by atoms with E-state index in [-0.39, 0.29) is 24.9 Å². The minimum absolute atomic E-state index is 0.120. The standard InChI is InChI=1S/C27H31N3O4S/c1-27(2,3)29-26(33)24(19-11-6-5-7-12-19)30(18-20-13-8-9-14-21(20)34-4)23(31)17-28-25(32)22-15-10-16-35-22/h5-16,24H,17-18H2,1-4H3,(H,28,32)(H,29,33). The Morgan fingerprint density at radius 3 is 2.29 bits per heavy atom. The Kier molecular flexibility index (Phi) is 8.65. The van der Waals surface area contributed by atoms with Crippen molar-refractivity contribution in [3.05, 3.63) is 88.1 Å². The van der Waals surface area contributed by atoms with Crippen LogP contribution in [0.3, 0.4) is 0 Å². The first-order valence-corrected chi connectivity index (χ1v) is 12.2. The smallest absolute Gasteiger partial charge is 0.261 e. The molecule has 0 saturated carbocycles. The number of benzene rings is 2. The lowest BCUT2D eigenvalue weighted by atomic mass is 10.0. The Bertz CT molecular complexity index is 1140. The molecule has 0 aliphatic heterocycles. The van der Waals surface area contributed by atoms with Gasteiger partial charge < -0.3 is 20.3 Å². The molecule has 35 heavy (non-hydrogen) atoms. The Balaban J connectivity index is 1.98. The number of methoxy groups -OCH3 is 1. The molecule has 1 aromatic heterocycles. The van der Waals surface area contributed by atoms with Crippen molar-refractivity contribution in [2.24, 2.45) is 0 Å². The van der Waals surface area contributed by atoms with Gasteiger partial charge in [-0.25, -0.2) is 0 Å². The van der Waals surface area contributed by atoms with Gasteiger partial charge in [-0.15, -0.1) is 11.3 Å². The molecule has 3 amide bonds. The van der Waals surface area contributed by atoms with Crippen LogP contribution in [0.2, 0.25) is 0 Å². The van der Waals surface area contributed by atoms with Crippen LogP contribution in [0.1, 0.15) is 47.6 Å². The van der Waals surface area contributed by atoms with Gasteiger partial charge in [0.05, 0.1) is 25.1 Å². The van der Waals surface area contributed by atoms with E-state index in [1.807, 2.05) is 75.4 Å². The number of hydrogen-bond acceptors (Lipinski definition) is 5. The van der Waals surface area contributed by atoms with Crippen molar-refractivity contribution in [1.82, 2.24) is 15.5 Å². The van der Waals surface area contributed by atoms with E-state index in [1.165, 1.54) is 16.2 Å². The van der Waals surface area contributed by atoms with Crippen LogP contribution >= 0.6 is 11.3 Å². The highest BCUT2D eigenvalue weighted by Gasteiger charge is 2.33. The van der Waals surface area contributed by atoms with Gasteiger partial charge in [0.2, 0.25) is 11.8 Å². The molecule has 1 unspecified atom stereocenters. The lowest BCUT2D eigenvalue weighted by Gasteiger charge is -2.34. The van der Waals surface area contributed by atoms with Gasteiger partial charge in [-0.2, -0.15) is 0 Å². The summed E-state index contributed by atoms with van der Waals surface area (Å²) in [5.74, 6) is -0.424. The second kappa shape index (κ2) is 11.7. The third kappa shape index (κ3) is 7.16. The molecule has 1 heterocycles. The number of amides is 3. The molecule has 0 fully saturated rings. The molecular formula is C27H31N3O4S. The van der Waals surface area contributed by atoms with Gasteiger partial charge in [-0.05, 0) is 43.8 Å². The molecule has 184 valence electrons. The zero-order valence-corrected chi connectivity index (χ0v) is 21.2. The molecule has 0 radical (unpaired) electrons. The fourth-order valence-electron chi connectivity index (χ4n) is 3.64. The minimum Gasteiger partial charge on any atom is -0.496 e. The Morgan fingerprint density at radius 2 is 1.66 bits per heavy atom. The SMILES string of the molecule is COc1ccccc1CN(C(=O)CNC(=O)c1cccs1)C(C(=O)NC(C)(C)C)c1ccccc1. The predicted molar refractivity (Wildman–Crippen MR) is 137 cm³/mol. The molecule has 0 spiro atoms. The van der Waals surface area contributed by atoms with Gasteiger partial charge >= 0.3 is 0 Å². The maximum atomic E-state index is 13.6. The molecule has 0 bridgehead atoms. The number of hydrogen-bond donors (Lipinski definition) is 2.